The Morgan fingerprint density at radius 2 is 2.22 bits per heavy atom. The second-order valence-corrected chi connectivity index (χ2v) is 5.91. The van der Waals surface area contributed by atoms with Gasteiger partial charge in [0.05, 0.1) is 6.07 Å². The lowest BCUT2D eigenvalue weighted by molar-refractivity contribution is 0.411. The molecule has 1 heterocycles. The summed E-state index contributed by atoms with van der Waals surface area (Å²) >= 11 is 1.65. The highest BCUT2D eigenvalue weighted by molar-refractivity contribution is 7.99. The molecule has 1 aliphatic rings. The molecule has 1 fully saturated rings. The highest BCUT2D eigenvalue weighted by Crippen LogP contribution is 2.25. The predicted molar refractivity (Wildman–Crippen MR) is 72.2 cm³/mol. The summed E-state index contributed by atoms with van der Waals surface area (Å²) in [6.45, 7) is 2.00. The lowest BCUT2D eigenvalue weighted by atomic mass is 9.98. The molecule has 1 atom stereocenters. The first kappa shape index (κ1) is 13.3. The molecule has 0 spiro atoms. The van der Waals surface area contributed by atoms with Crippen LogP contribution in [-0.2, 0) is 0 Å². The van der Waals surface area contributed by atoms with E-state index in [1.807, 2.05) is 13.0 Å². The minimum atomic E-state index is -0.376. The fourth-order valence-corrected chi connectivity index (χ4v) is 2.53. The van der Waals surface area contributed by atoms with Crippen LogP contribution in [0, 0.1) is 11.3 Å². The molecule has 96 valence electrons. The summed E-state index contributed by atoms with van der Waals surface area (Å²) in [6, 6.07) is 4.78. The molecule has 18 heavy (non-hydrogen) atoms. The van der Waals surface area contributed by atoms with Crippen LogP contribution >= 0.6 is 11.8 Å². The van der Waals surface area contributed by atoms with Crippen molar-refractivity contribution >= 4 is 11.8 Å². The molecule has 0 saturated heterocycles. The van der Waals surface area contributed by atoms with E-state index in [1.54, 1.807) is 24.2 Å². The molecule has 0 aliphatic heterocycles. The van der Waals surface area contributed by atoms with Gasteiger partial charge >= 0.3 is 0 Å². The molecular weight excluding hydrogens is 244 g/mol. The lowest BCUT2D eigenvalue weighted by Crippen LogP contribution is -2.42. The maximum atomic E-state index is 9.23. The third-order valence-corrected chi connectivity index (χ3v) is 3.90. The van der Waals surface area contributed by atoms with Gasteiger partial charge in [0.15, 0.2) is 5.16 Å². The standard InChI is InChI=1S/C13H18N4S/c1-13(10-14,17-11-4-5-11)6-2-9-18-12-15-7-3-8-16-12/h3,7-8,11,17H,2,4-6,9H2,1H3. The Labute approximate surface area is 112 Å². The maximum Gasteiger partial charge on any atom is 0.187 e. The van der Waals surface area contributed by atoms with Gasteiger partial charge in [0.2, 0.25) is 0 Å². The molecule has 4 nitrogen and oxygen atoms in total. The zero-order valence-corrected chi connectivity index (χ0v) is 11.4. The molecule has 1 N–H and O–H groups in total. The summed E-state index contributed by atoms with van der Waals surface area (Å²) in [6.07, 6.45) is 7.80. The number of aromatic nitrogens is 2. The van der Waals surface area contributed by atoms with Crippen LogP contribution in [0.15, 0.2) is 23.6 Å². The van der Waals surface area contributed by atoms with E-state index in [2.05, 4.69) is 21.4 Å². The number of rotatable bonds is 7. The normalized spacial score (nSPS) is 18.0. The third-order valence-electron chi connectivity index (χ3n) is 2.94. The Balaban J connectivity index is 1.69. The SMILES string of the molecule is CC(C#N)(CCCSc1ncccn1)NC1CC1. The molecule has 0 radical (unpaired) electrons. The van der Waals surface area contributed by atoms with E-state index in [1.165, 1.54) is 12.8 Å². The molecule has 1 unspecified atom stereocenters. The van der Waals surface area contributed by atoms with E-state index in [-0.39, 0.29) is 5.54 Å². The minimum absolute atomic E-state index is 0.376. The van der Waals surface area contributed by atoms with Crippen LogP contribution in [0.5, 0.6) is 0 Å². The molecular formula is C13H18N4S. The highest BCUT2D eigenvalue weighted by atomic mass is 32.2. The maximum absolute atomic E-state index is 9.23. The number of hydrogen-bond donors (Lipinski definition) is 1. The molecule has 5 heteroatoms. The van der Waals surface area contributed by atoms with Gasteiger partial charge in [-0.15, -0.1) is 0 Å². The van der Waals surface area contributed by atoms with E-state index in [4.69, 9.17) is 0 Å². The van der Waals surface area contributed by atoms with Crippen LogP contribution in [-0.4, -0.2) is 27.3 Å². The summed E-state index contributed by atoms with van der Waals surface area (Å²) in [4.78, 5) is 8.32. The number of nitrogens with zero attached hydrogens (tertiary/aromatic N) is 3. The van der Waals surface area contributed by atoms with Gasteiger partial charge in [0.25, 0.3) is 0 Å². The fraction of sp³-hybridized carbons (Fsp3) is 0.615. The lowest BCUT2D eigenvalue weighted by Gasteiger charge is -2.22. The van der Waals surface area contributed by atoms with Crippen molar-refractivity contribution < 1.29 is 0 Å². The zero-order valence-electron chi connectivity index (χ0n) is 10.6. The van der Waals surface area contributed by atoms with Crippen molar-refractivity contribution in [3.63, 3.8) is 0 Å². The van der Waals surface area contributed by atoms with E-state index in [0.717, 1.165) is 23.8 Å². The molecule has 0 bridgehead atoms. The van der Waals surface area contributed by atoms with Gasteiger partial charge in [0.1, 0.15) is 5.54 Å². The van der Waals surface area contributed by atoms with Crippen LogP contribution in [0.2, 0.25) is 0 Å². The van der Waals surface area contributed by atoms with Crippen molar-refractivity contribution in [2.45, 2.75) is 49.3 Å². The smallest absolute Gasteiger partial charge is 0.187 e. The van der Waals surface area contributed by atoms with Crippen molar-refractivity contribution in [3.8, 4) is 6.07 Å². The van der Waals surface area contributed by atoms with Gasteiger partial charge in [-0.3, -0.25) is 5.32 Å². The average molecular weight is 262 g/mol. The van der Waals surface area contributed by atoms with Gasteiger partial charge in [0, 0.05) is 24.2 Å². The number of nitriles is 1. The average Bonchev–Trinajstić information content (AvgIpc) is 3.20. The van der Waals surface area contributed by atoms with Gasteiger partial charge in [-0.2, -0.15) is 5.26 Å². The highest BCUT2D eigenvalue weighted by Gasteiger charge is 2.31. The Morgan fingerprint density at radius 1 is 1.50 bits per heavy atom. The van der Waals surface area contributed by atoms with Crippen LogP contribution in [0.4, 0.5) is 0 Å². The van der Waals surface area contributed by atoms with E-state index in [0.29, 0.717) is 6.04 Å². The van der Waals surface area contributed by atoms with Crippen molar-refractivity contribution in [3.05, 3.63) is 18.5 Å². The Hall–Kier alpha value is -1.12. The first-order valence-electron chi connectivity index (χ1n) is 6.31. The first-order valence-corrected chi connectivity index (χ1v) is 7.29. The summed E-state index contributed by atoms with van der Waals surface area (Å²) in [5, 5.41) is 13.5. The number of thioether (sulfide) groups is 1. The topological polar surface area (TPSA) is 61.6 Å². The Morgan fingerprint density at radius 3 is 2.83 bits per heavy atom. The second kappa shape index (κ2) is 6.17. The molecule has 2 rings (SSSR count). The van der Waals surface area contributed by atoms with Crippen molar-refractivity contribution in [1.29, 1.82) is 5.26 Å². The molecule has 1 aliphatic carbocycles. The second-order valence-electron chi connectivity index (χ2n) is 4.85. The largest absolute Gasteiger partial charge is 0.297 e. The van der Waals surface area contributed by atoms with Crippen LogP contribution in [0.25, 0.3) is 0 Å². The molecule has 1 aromatic rings. The van der Waals surface area contributed by atoms with Gasteiger partial charge in [-0.05, 0) is 38.7 Å². The van der Waals surface area contributed by atoms with Crippen molar-refractivity contribution in [2.75, 3.05) is 5.75 Å². The quantitative estimate of drug-likeness (QED) is 0.464. The molecule has 0 aromatic carbocycles. The van der Waals surface area contributed by atoms with Gasteiger partial charge < -0.3 is 0 Å². The Bertz CT molecular complexity index is 413. The van der Waals surface area contributed by atoms with Crippen molar-refractivity contribution in [2.24, 2.45) is 0 Å². The van der Waals surface area contributed by atoms with E-state index < -0.39 is 0 Å². The Kier molecular flexibility index (Phi) is 4.56. The van der Waals surface area contributed by atoms with Crippen LogP contribution < -0.4 is 5.32 Å². The molecule has 1 aromatic heterocycles. The monoisotopic (exact) mass is 262 g/mol. The minimum Gasteiger partial charge on any atom is -0.297 e. The summed E-state index contributed by atoms with van der Waals surface area (Å²) < 4.78 is 0. The summed E-state index contributed by atoms with van der Waals surface area (Å²) in [5.41, 5.74) is -0.376. The summed E-state index contributed by atoms with van der Waals surface area (Å²) in [5.74, 6) is 0.952. The van der Waals surface area contributed by atoms with Gasteiger partial charge in [-0.25, -0.2) is 9.97 Å². The molecule has 0 amide bonds. The van der Waals surface area contributed by atoms with Crippen LogP contribution in [0.1, 0.15) is 32.6 Å². The first-order chi connectivity index (χ1) is 8.72. The van der Waals surface area contributed by atoms with E-state index >= 15 is 0 Å². The third kappa shape index (κ3) is 4.28. The number of hydrogen-bond acceptors (Lipinski definition) is 5. The summed E-state index contributed by atoms with van der Waals surface area (Å²) in [7, 11) is 0. The predicted octanol–water partition coefficient (Wildman–Crippen LogP) is 2.38. The fourth-order valence-electron chi connectivity index (χ4n) is 1.79. The number of nitrogens with one attached hydrogen (secondary N) is 1. The van der Waals surface area contributed by atoms with E-state index in [9.17, 15) is 5.26 Å². The zero-order chi connectivity index (χ0) is 12.8. The molecule has 1 saturated carbocycles. The van der Waals surface area contributed by atoms with Gasteiger partial charge in [-0.1, -0.05) is 11.8 Å². The van der Waals surface area contributed by atoms with Crippen molar-refractivity contribution in [1.82, 2.24) is 15.3 Å². The van der Waals surface area contributed by atoms with Crippen LogP contribution in [0.3, 0.4) is 0 Å².